The summed E-state index contributed by atoms with van der Waals surface area (Å²) >= 11 is 0. The molecule has 126 valence electrons. The topological polar surface area (TPSA) is 44.4 Å². The van der Waals surface area contributed by atoms with Gasteiger partial charge in [-0.25, -0.2) is 4.79 Å². The summed E-state index contributed by atoms with van der Waals surface area (Å²) in [5, 5.41) is 6.07. The van der Waals surface area contributed by atoms with Crippen LogP contribution in [-0.4, -0.2) is 25.0 Å². The molecular formula is C20H25N3O. The highest BCUT2D eigenvalue weighted by Crippen LogP contribution is 2.30. The molecule has 0 aliphatic heterocycles. The van der Waals surface area contributed by atoms with E-state index in [2.05, 4.69) is 60.0 Å². The summed E-state index contributed by atoms with van der Waals surface area (Å²) in [7, 11) is 4.11. The second-order valence-electron chi connectivity index (χ2n) is 6.67. The van der Waals surface area contributed by atoms with Gasteiger partial charge in [-0.3, -0.25) is 0 Å². The van der Waals surface area contributed by atoms with Crippen LogP contribution in [0, 0.1) is 0 Å². The van der Waals surface area contributed by atoms with Crippen LogP contribution in [0.1, 0.15) is 34.7 Å². The van der Waals surface area contributed by atoms with Gasteiger partial charge in [-0.1, -0.05) is 48.5 Å². The van der Waals surface area contributed by atoms with E-state index in [0.29, 0.717) is 6.54 Å². The second-order valence-corrected chi connectivity index (χ2v) is 6.67. The van der Waals surface area contributed by atoms with E-state index >= 15 is 0 Å². The van der Waals surface area contributed by atoms with E-state index in [1.54, 1.807) is 0 Å². The van der Waals surface area contributed by atoms with Crippen molar-refractivity contribution in [1.82, 2.24) is 15.5 Å². The van der Waals surface area contributed by atoms with Crippen LogP contribution in [0.15, 0.2) is 48.5 Å². The van der Waals surface area contributed by atoms with E-state index in [-0.39, 0.29) is 12.1 Å². The third-order valence-corrected chi connectivity index (χ3v) is 4.38. The molecule has 3 rings (SSSR count). The van der Waals surface area contributed by atoms with E-state index in [9.17, 15) is 4.79 Å². The number of hydrogen-bond donors (Lipinski definition) is 2. The van der Waals surface area contributed by atoms with Crippen molar-refractivity contribution >= 4 is 6.03 Å². The Balaban J connectivity index is 1.53. The fourth-order valence-corrected chi connectivity index (χ4v) is 3.30. The SMILES string of the molecule is CN(C)Cc1cccc(CNC(=O)NC2CCc3ccccc32)c1. The molecule has 2 amide bonds. The second kappa shape index (κ2) is 7.49. The normalized spacial score (nSPS) is 16.0. The highest BCUT2D eigenvalue weighted by molar-refractivity contribution is 5.74. The minimum atomic E-state index is -0.102. The maximum absolute atomic E-state index is 12.2. The first-order valence-corrected chi connectivity index (χ1v) is 8.46. The average Bonchev–Trinajstić information content (AvgIpc) is 2.96. The molecule has 1 atom stereocenters. The van der Waals surface area contributed by atoms with E-state index in [1.165, 1.54) is 16.7 Å². The summed E-state index contributed by atoms with van der Waals surface area (Å²) in [4.78, 5) is 14.4. The summed E-state index contributed by atoms with van der Waals surface area (Å²) in [6.45, 7) is 1.44. The molecule has 1 unspecified atom stereocenters. The van der Waals surface area contributed by atoms with Gasteiger partial charge in [0.05, 0.1) is 6.04 Å². The van der Waals surface area contributed by atoms with Crippen LogP contribution in [0.4, 0.5) is 4.79 Å². The molecule has 0 fully saturated rings. The molecule has 24 heavy (non-hydrogen) atoms. The third kappa shape index (κ3) is 4.15. The van der Waals surface area contributed by atoms with Gasteiger partial charge in [-0.2, -0.15) is 0 Å². The van der Waals surface area contributed by atoms with Gasteiger partial charge >= 0.3 is 6.03 Å². The number of nitrogens with one attached hydrogen (secondary N) is 2. The molecule has 4 nitrogen and oxygen atoms in total. The fourth-order valence-electron chi connectivity index (χ4n) is 3.30. The first kappa shape index (κ1) is 16.5. The number of amides is 2. The van der Waals surface area contributed by atoms with Crippen molar-refractivity contribution in [3.63, 3.8) is 0 Å². The van der Waals surface area contributed by atoms with Crippen molar-refractivity contribution in [2.75, 3.05) is 14.1 Å². The summed E-state index contributed by atoms with van der Waals surface area (Å²) in [6.07, 6.45) is 2.01. The lowest BCUT2D eigenvalue weighted by Crippen LogP contribution is -2.36. The molecule has 0 heterocycles. The van der Waals surface area contributed by atoms with Crippen LogP contribution in [0.25, 0.3) is 0 Å². The number of carbonyl (C=O) groups excluding carboxylic acids is 1. The number of fused-ring (bicyclic) bond motifs is 1. The minimum absolute atomic E-state index is 0.102. The third-order valence-electron chi connectivity index (χ3n) is 4.38. The molecule has 2 N–H and O–H groups in total. The zero-order chi connectivity index (χ0) is 16.9. The molecule has 0 radical (unpaired) electrons. The summed E-state index contributed by atoms with van der Waals surface area (Å²) < 4.78 is 0. The number of carbonyl (C=O) groups is 1. The van der Waals surface area contributed by atoms with E-state index in [1.807, 2.05) is 18.2 Å². The Morgan fingerprint density at radius 2 is 1.92 bits per heavy atom. The predicted octanol–water partition coefficient (Wildman–Crippen LogP) is 3.23. The molecule has 4 heteroatoms. The van der Waals surface area contributed by atoms with Crippen molar-refractivity contribution in [2.45, 2.75) is 32.0 Å². The molecule has 2 aromatic carbocycles. The Morgan fingerprint density at radius 1 is 1.12 bits per heavy atom. The zero-order valence-corrected chi connectivity index (χ0v) is 14.4. The maximum atomic E-state index is 12.2. The maximum Gasteiger partial charge on any atom is 0.315 e. The predicted molar refractivity (Wildman–Crippen MR) is 96.7 cm³/mol. The van der Waals surface area contributed by atoms with Crippen molar-refractivity contribution in [1.29, 1.82) is 0 Å². The standard InChI is InChI=1S/C20H25N3O/c1-23(2)14-16-7-5-6-15(12-16)13-21-20(24)22-19-11-10-17-8-3-4-9-18(17)19/h3-9,12,19H,10-11,13-14H2,1-2H3,(H2,21,22,24). The summed E-state index contributed by atoms with van der Waals surface area (Å²) in [5.41, 5.74) is 4.97. The highest BCUT2D eigenvalue weighted by atomic mass is 16.2. The van der Waals surface area contributed by atoms with Crippen molar-refractivity contribution in [2.24, 2.45) is 0 Å². The van der Waals surface area contributed by atoms with Crippen LogP contribution in [0.5, 0.6) is 0 Å². The molecule has 0 spiro atoms. The summed E-state index contributed by atoms with van der Waals surface area (Å²) in [5.74, 6) is 0. The monoisotopic (exact) mass is 323 g/mol. The average molecular weight is 323 g/mol. The molecule has 0 saturated carbocycles. The Morgan fingerprint density at radius 3 is 2.75 bits per heavy atom. The van der Waals surface area contributed by atoms with E-state index < -0.39 is 0 Å². The van der Waals surface area contributed by atoms with E-state index in [4.69, 9.17) is 0 Å². The van der Waals surface area contributed by atoms with Crippen LogP contribution < -0.4 is 10.6 Å². The Kier molecular flexibility index (Phi) is 5.16. The number of rotatable bonds is 5. The molecular weight excluding hydrogens is 298 g/mol. The van der Waals surface area contributed by atoms with Crippen molar-refractivity contribution in [3.8, 4) is 0 Å². The van der Waals surface area contributed by atoms with Gasteiger partial charge in [0.15, 0.2) is 0 Å². The first-order chi connectivity index (χ1) is 11.6. The quantitative estimate of drug-likeness (QED) is 0.887. The largest absolute Gasteiger partial charge is 0.334 e. The summed E-state index contributed by atoms with van der Waals surface area (Å²) in [6, 6.07) is 16.7. The first-order valence-electron chi connectivity index (χ1n) is 8.46. The van der Waals surface area contributed by atoms with Gasteiger partial charge in [0.1, 0.15) is 0 Å². The van der Waals surface area contributed by atoms with Crippen LogP contribution in [0.2, 0.25) is 0 Å². The number of benzene rings is 2. The molecule has 1 aliphatic carbocycles. The van der Waals surface area contributed by atoms with Gasteiger partial charge in [-0.15, -0.1) is 0 Å². The number of hydrogen-bond acceptors (Lipinski definition) is 2. The lowest BCUT2D eigenvalue weighted by Gasteiger charge is -2.15. The van der Waals surface area contributed by atoms with Gasteiger partial charge in [-0.05, 0) is 49.2 Å². The molecule has 2 aromatic rings. The lowest BCUT2D eigenvalue weighted by atomic mass is 10.1. The molecule has 0 aromatic heterocycles. The Labute approximate surface area is 143 Å². The zero-order valence-electron chi connectivity index (χ0n) is 14.4. The number of urea groups is 1. The molecule has 1 aliphatic rings. The number of nitrogens with zero attached hydrogens (tertiary/aromatic N) is 1. The lowest BCUT2D eigenvalue weighted by molar-refractivity contribution is 0.236. The Hall–Kier alpha value is -2.33. The fraction of sp³-hybridized carbons (Fsp3) is 0.350. The van der Waals surface area contributed by atoms with Crippen LogP contribution in [0.3, 0.4) is 0 Å². The van der Waals surface area contributed by atoms with Crippen LogP contribution in [-0.2, 0) is 19.5 Å². The van der Waals surface area contributed by atoms with Crippen LogP contribution >= 0.6 is 0 Å². The Bertz CT molecular complexity index is 712. The van der Waals surface area contributed by atoms with Gasteiger partial charge in [0.25, 0.3) is 0 Å². The van der Waals surface area contributed by atoms with Gasteiger partial charge < -0.3 is 15.5 Å². The minimum Gasteiger partial charge on any atom is -0.334 e. The molecule has 0 bridgehead atoms. The van der Waals surface area contributed by atoms with Gasteiger partial charge in [0.2, 0.25) is 0 Å². The number of aryl methyl sites for hydroxylation is 1. The van der Waals surface area contributed by atoms with Crippen molar-refractivity contribution < 1.29 is 4.79 Å². The molecule has 0 saturated heterocycles. The van der Waals surface area contributed by atoms with Gasteiger partial charge in [0, 0.05) is 13.1 Å². The van der Waals surface area contributed by atoms with Crippen molar-refractivity contribution in [3.05, 3.63) is 70.8 Å². The highest BCUT2D eigenvalue weighted by Gasteiger charge is 2.23. The smallest absolute Gasteiger partial charge is 0.315 e. The van der Waals surface area contributed by atoms with E-state index in [0.717, 1.165) is 24.9 Å².